The fourth-order valence-electron chi connectivity index (χ4n) is 6.95. The molecule has 0 unspecified atom stereocenters. The number of allylic oxidation sites excluding steroid dienone is 1. The summed E-state index contributed by atoms with van der Waals surface area (Å²) in [5.41, 5.74) is -1.88. The molecule has 5 nitrogen and oxygen atoms in total. The molecule has 3 fully saturated rings. The Hall–Kier alpha value is -1.04. The van der Waals surface area contributed by atoms with Gasteiger partial charge < -0.3 is 15.3 Å². The third-order valence-electron chi connectivity index (χ3n) is 8.66. The monoisotopic (exact) mass is 362 g/mol. The van der Waals surface area contributed by atoms with E-state index in [1.54, 1.807) is 6.08 Å². The van der Waals surface area contributed by atoms with Crippen LogP contribution in [0.25, 0.3) is 0 Å². The molecule has 0 aromatic rings. The average molecular weight is 362 g/mol. The molecule has 5 heteroatoms. The van der Waals surface area contributed by atoms with Crippen LogP contribution in [0.4, 0.5) is 0 Å². The predicted octanol–water partition coefficient (Wildman–Crippen LogP) is 1.78. The van der Waals surface area contributed by atoms with Gasteiger partial charge in [-0.2, -0.15) is 0 Å². The van der Waals surface area contributed by atoms with E-state index in [0.29, 0.717) is 38.5 Å². The number of hydrogen-bond acceptors (Lipinski definition) is 5. The number of ketones is 2. The van der Waals surface area contributed by atoms with Gasteiger partial charge in [0.1, 0.15) is 5.78 Å². The summed E-state index contributed by atoms with van der Waals surface area (Å²) in [5, 5.41) is 32.9. The second-order valence-electron chi connectivity index (χ2n) is 9.64. The van der Waals surface area contributed by atoms with Gasteiger partial charge >= 0.3 is 0 Å². The summed E-state index contributed by atoms with van der Waals surface area (Å²) in [6, 6.07) is 0. The van der Waals surface area contributed by atoms with E-state index in [1.165, 1.54) is 6.92 Å². The summed E-state index contributed by atoms with van der Waals surface area (Å²) in [6.45, 7) is 5.42. The van der Waals surface area contributed by atoms with Gasteiger partial charge in [0.2, 0.25) is 0 Å². The highest BCUT2D eigenvalue weighted by Crippen LogP contribution is 2.67. The summed E-state index contributed by atoms with van der Waals surface area (Å²) in [4.78, 5) is 25.1. The van der Waals surface area contributed by atoms with Crippen molar-refractivity contribution in [3.63, 3.8) is 0 Å². The topological polar surface area (TPSA) is 94.8 Å². The normalized spacial score (nSPS) is 53.4. The Morgan fingerprint density at radius 2 is 1.81 bits per heavy atom. The van der Waals surface area contributed by atoms with E-state index in [0.717, 1.165) is 5.57 Å². The summed E-state index contributed by atoms with van der Waals surface area (Å²) >= 11 is 0. The molecule has 4 rings (SSSR count). The van der Waals surface area contributed by atoms with Gasteiger partial charge in [0.25, 0.3) is 0 Å². The molecule has 0 aromatic carbocycles. The minimum Gasteiger partial charge on any atom is -0.393 e. The lowest BCUT2D eigenvalue weighted by Crippen LogP contribution is -2.64. The molecule has 0 bridgehead atoms. The number of carbonyl (C=O) groups excluding carboxylic acids is 2. The standard InChI is InChI=1S/C21H30O5/c1-11(22)13-5-7-21(26)15-9-17(24)16-8-12(23)4-6-19(16,2)14(15)10-18(25)20(13,21)3/h9,12-14,16,18,23,25-26H,4-8,10H2,1-3H3/t12-,13-,14+,16+,18-,19-,20+,21-/m1/s1. The van der Waals surface area contributed by atoms with Gasteiger partial charge in [-0.05, 0) is 68.4 Å². The van der Waals surface area contributed by atoms with Gasteiger partial charge in [-0.3, -0.25) is 9.59 Å². The van der Waals surface area contributed by atoms with E-state index in [4.69, 9.17) is 0 Å². The highest BCUT2D eigenvalue weighted by molar-refractivity contribution is 5.95. The molecule has 144 valence electrons. The molecule has 0 aromatic heterocycles. The van der Waals surface area contributed by atoms with Crippen molar-refractivity contribution in [1.82, 2.24) is 0 Å². The molecule has 8 atom stereocenters. The fourth-order valence-corrected chi connectivity index (χ4v) is 6.95. The van der Waals surface area contributed by atoms with Crippen LogP contribution >= 0.6 is 0 Å². The molecule has 3 N–H and O–H groups in total. The van der Waals surface area contributed by atoms with E-state index in [9.17, 15) is 24.9 Å². The van der Waals surface area contributed by atoms with Crippen LogP contribution in [0, 0.1) is 28.6 Å². The first-order valence-electron chi connectivity index (χ1n) is 9.90. The molecule has 4 aliphatic rings. The summed E-state index contributed by atoms with van der Waals surface area (Å²) < 4.78 is 0. The Morgan fingerprint density at radius 3 is 2.46 bits per heavy atom. The molecular weight excluding hydrogens is 332 g/mol. The minimum absolute atomic E-state index is 0.00598. The van der Waals surface area contributed by atoms with Gasteiger partial charge in [0.05, 0.1) is 17.8 Å². The van der Waals surface area contributed by atoms with Crippen LogP contribution in [-0.4, -0.2) is 44.7 Å². The number of fused-ring (bicyclic) bond motifs is 5. The summed E-state index contributed by atoms with van der Waals surface area (Å²) in [6.07, 6.45) is 3.57. The maximum absolute atomic E-state index is 12.9. The van der Waals surface area contributed by atoms with E-state index in [-0.39, 0.29) is 28.8 Å². The number of aliphatic hydroxyl groups excluding tert-OH is 2. The maximum atomic E-state index is 12.9. The highest BCUT2D eigenvalue weighted by Gasteiger charge is 2.69. The van der Waals surface area contributed by atoms with Crippen molar-refractivity contribution in [2.45, 2.75) is 77.1 Å². The SMILES string of the molecule is CC(=O)[C@H]1CC[C@@]2(O)C3=CC(=O)[C@@H]4C[C@H](O)CC[C@]4(C)[C@H]3C[C@@H](O)[C@]12C. The maximum Gasteiger partial charge on any atom is 0.159 e. The van der Waals surface area contributed by atoms with Gasteiger partial charge in [0.15, 0.2) is 5.78 Å². The number of hydrogen-bond donors (Lipinski definition) is 3. The number of aliphatic hydroxyl groups is 3. The van der Waals surface area contributed by atoms with Gasteiger partial charge in [-0.15, -0.1) is 0 Å². The molecule has 4 aliphatic carbocycles. The van der Waals surface area contributed by atoms with Crippen LogP contribution in [-0.2, 0) is 9.59 Å². The van der Waals surface area contributed by atoms with Crippen LogP contribution in [0.1, 0.15) is 59.3 Å². The first-order chi connectivity index (χ1) is 12.1. The Bertz CT molecular complexity index is 699. The zero-order valence-electron chi connectivity index (χ0n) is 15.9. The number of rotatable bonds is 1. The molecule has 0 heterocycles. The Morgan fingerprint density at radius 1 is 1.12 bits per heavy atom. The molecule has 0 spiro atoms. The van der Waals surface area contributed by atoms with Crippen LogP contribution in [0.3, 0.4) is 0 Å². The summed E-state index contributed by atoms with van der Waals surface area (Å²) in [5.74, 6) is -0.760. The number of carbonyl (C=O) groups is 2. The van der Waals surface area contributed by atoms with E-state index in [1.807, 2.05) is 6.92 Å². The van der Waals surface area contributed by atoms with E-state index in [2.05, 4.69) is 6.92 Å². The smallest absolute Gasteiger partial charge is 0.159 e. The lowest BCUT2D eigenvalue weighted by molar-refractivity contribution is -0.172. The molecule has 26 heavy (non-hydrogen) atoms. The average Bonchev–Trinajstić information content (AvgIpc) is 2.85. The van der Waals surface area contributed by atoms with E-state index < -0.39 is 29.1 Å². The van der Waals surface area contributed by atoms with Crippen LogP contribution in [0.2, 0.25) is 0 Å². The van der Waals surface area contributed by atoms with Gasteiger partial charge in [-0.1, -0.05) is 13.8 Å². The molecule has 0 radical (unpaired) electrons. The van der Waals surface area contributed by atoms with Crippen molar-refractivity contribution in [2.75, 3.05) is 0 Å². The first-order valence-corrected chi connectivity index (χ1v) is 9.90. The first kappa shape index (κ1) is 18.3. The van der Waals surface area contributed by atoms with Crippen molar-refractivity contribution >= 4 is 11.6 Å². The lowest BCUT2D eigenvalue weighted by atomic mass is 9.45. The third kappa shape index (κ3) is 2.02. The third-order valence-corrected chi connectivity index (χ3v) is 8.66. The highest BCUT2D eigenvalue weighted by atomic mass is 16.3. The van der Waals surface area contributed by atoms with Crippen LogP contribution < -0.4 is 0 Å². The second-order valence-corrected chi connectivity index (χ2v) is 9.64. The Balaban J connectivity index is 1.84. The van der Waals surface area contributed by atoms with Crippen molar-refractivity contribution < 1.29 is 24.9 Å². The summed E-state index contributed by atoms with van der Waals surface area (Å²) in [7, 11) is 0. The molecule has 0 aliphatic heterocycles. The molecule has 0 amide bonds. The Labute approximate surface area is 154 Å². The van der Waals surface area contributed by atoms with Crippen molar-refractivity contribution in [1.29, 1.82) is 0 Å². The van der Waals surface area contributed by atoms with Crippen LogP contribution in [0.5, 0.6) is 0 Å². The quantitative estimate of drug-likeness (QED) is 0.661. The largest absolute Gasteiger partial charge is 0.393 e. The number of Topliss-reactive ketones (excluding diaryl/α,β-unsaturated/α-hetero) is 1. The zero-order chi connectivity index (χ0) is 19.1. The second kappa shape index (κ2) is 5.49. The van der Waals surface area contributed by atoms with Gasteiger partial charge in [0, 0.05) is 17.3 Å². The van der Waals surface area contributed by atoms with Crippen molar-refractivity contribution in [3.05, 3.63) is 11.6 Å². The molecular formula is C21H30O5. The van der Waals surface area contributed by atoms with Gasteiger partial charge in [-0.25, -0.2) is 0 Å². The molecule has 0 saturated heterocycles. The minimum atomic E-state index is -1.31. The Kier molecular flexibility index (Phi) is 3.87. The molecule has 3 saturated carbocycles. The fraction of sp³-hybridized carbons (Fsp3) is 0.810. The predicted molar refractivity (Wildman–Crippen MR) is 95.1 cm³/mol. The van der Waals surface area contributed by atoms with Crippen LogP contribution in [0.15, 0.2) is 11.6 Å². The zero-order valence-corrected chi connectivity index (χ0v) is 15.9. The van der Waals surface area contributed by atoms with E-state index >= 15 is 0 Å². The lowest BCUT2D eigenvalue weighted by Gasteiger charge is -2.60. The van der Waals surface area contributed by atoms with Crippen molar-refractivity contribution in [3.8, 4) is 0 Å². The van der Waals surface area contributed by atoms with Crippen molar-refractivity contribution in [2.24, 2.45) is 28.6 Å².